The van der Waals surface area contributed by atoms with Gasteiger partial charge in [-0.15, -0.1) is 0 Å². The van der Waals surface area contributed by atoms with Gasteiger partial charge >= 0.3 is 0 Å². The van der Waals surface area contributed by atoms with E-state index in [1.54, 1.807) is 0 Å². The van der Waals surface area contributed by atoms with Crippen LogP contribution in [-0.2, 0) is 77.9 Å². The molecule has 2 N–H and O–H groups in total. The highest BCUT2D eigenvalue weighted by molar-refractivity contribution is 5.76. The van der Waals surface area contributed by atoms with Crippen molar-refractivity contribution < 1.29 is 47.5 Å². The second kappa shape index (κ2) is 36.1. The molecule has 2 aliphatic rings. The predicted molar refractivity (Wildman–Crippen MR) is 340 cm³/mol. The number of rotatable bonds is 20. The zero-order valence-electron chi connectivity index (χ0n) is 53.7. The Morgan fingerprint density at radius 1 is 0.357 bits per heavy atom. The number of fused-ring (bicyclic) bond motifs is 8. The highest BCUT2D eigenvalue weighted by atomic mass is 16.6. The van der Waals surface area contributed by atoms with Gasteiger partial charge in [0.2, 0.25) is 11.8 Å². The summed E-state index contributed by atoms with van der Waals surface area (Å²) in [4.78, 5) is 27.5. The van der Waals surface area contributed by atoms with E-state index in [1.807, 2.05) is 0 Å². The Bertz CT molecular complexity index is 2450. The first-order valence-electron chi connectivity index (χ1n) is 32.6. The van der Waals surface area contributed by atoms with Gasteiger partial charge in [-0.25, -0.2) is 0 Å². The number of carbonyl (C=O) groups excluding carboxylic acids is 2. The van der Waals surface area contributed by atoms with Crippen molar-refractivity contribution in [2.75, 3.05) is 92.4 Å². The number of aryl methyl sites for hydroxylation is 2. The molecular weight excluding hydrogens is 1050 g/mol. The first-order chi connectivity index (χ1) is 40.6. The van der Waals surface area contributed by atoms with Crippen LogP contribution < -0.4 is 29.6 Å². The van der Waals surface area contributed by atoms with E-state index >= 15 is 0 Å². The molecular formula is C72H108N2O10. The second-order valence-corrected chi connectivity index (χ2v) is 25.3. The van der Waals surface area contributed by atoms with Gasteiger partial charge in [0.1, 0.15) is 23.0 Å². The molecule has 0 unspecified atom stereocenters. The molecule has 12 heteroatoms. The van der Waals surface area contributed by atoms with Crippen molar-refractivity contribution in [3.8, 4) is 23.0 Å². The first-order valence-corrected chi connectivity index (χ1v) is 32.6. The van der Waals surface area contributed by atoms with Gasteiger partial charge in [0.15, 0.2) is 0 Å². The molecule has 1 heterocycles. The maximum atomic E-state index is 13.7. The van der Waals surface area contributed by atoms with Crippen molar-refractivity contribution in [1.82, 2.24) is 10.6 Å². The lowest BCUT2D eigenvalue weighted by Gasteiger charge is -2.28. The SMILES string of the molecule is CCCCCOc1c2cc3cc1Cc1cc(C(C)(C)C)cc(c1OCCCCC)Cc1cc(C(C)(C)C)cc(c1OCCCCC)Cc1cc(cc(c1OCCCCC)C2)CCC(=O)NCCOCCOCCOCCOCCNC(=O)CC3. The quantitative estimate of drug-likeness (QED) is 0.0726. The fourth-order valence-electron chi connectivity index (χ4n) is 11.0. The van der Waals surface area contributed by atoms with Crippen molar-refractivity contribution in [3.63, 3.8) is 0 Å². The van der Waals surface area contributed by atoms with E-state index in [-0.39, 0.29) is 22.6 Å². The fraction of sp³-hybridized carbons (Fsp3) is 0.639. The monoisotopic (exact) mass is 1160 g/mol. The average Bonchev–Trinajstić information content (AvgIpc) is 3.64. The zero-order valence-corrected chi connectivity index (χ0v) is 53.7. The Hall–Kier alpha value is -5.14. The molecule has 0 atom stereocenters. The molecule has 1 aliphatic heterocycles. The van der Waals surface area contributed by atoms with Crippen LogP contribution in [0.1, 0.15) is 226 Å². The molecule has 0 radical (unpaired) electrons. The van der Waals surface area contributed by atoms with Gasteiger partial charge in [-0.2, -0.15) is 0 Å². The molecule has 0 aromatic heterocycles. The van der Waals surface area contributed by atoms with Crippen molar-refractivity contribution in [2.45, 2.75) is 208 Å². The smallest absolute Gasteiger partial charge is 0.220 e. The number of ether oxygens (including phenoxy) is 8. The third-order valence-corrected chi connectivity index (χ3v) is 15.9. The van der Waals surface area contributed by atoms with Crippen LogP contribution in [0, 0.1) is 0 Å². The minimum absolute atomic E-state index is 0.0293. The normalized spacial score (nSPS) is 15.9. The Morgan fingerprint density at radius 2 is 0.607 bits per heavy atom. The van der Waals surface area contributed by atoms with E-state index in [0.717, 1.165) is 156 Å². The lowest BCUT2D eigenvalue weighted by molar-refractivity contribution is -0.122. The number of amides is 2. The van der Waals surface area contributed by atoms with Gasteiger partial charge in [-0.3, -0.25) is 9.59 Å². The lowest BCUT2D eigenvalue weighted by Crippen LogP contribution is -2.28. The maximum Gasteiger partial charge on any atom is 0.220 e. The van der Waals surface area contributed by atoms with Crippen LogP contribution >= 0.6 is 0 Å². The van der Waals surface area contributed by atoms with Gasteiger partial charge in [0.25, 0.3) is 0 Å². The van der Waals surface area contributed by atoms with Crippen LogP contribution in [0.25, 0.3) is 0 Å². The number of benzene rings is 4. The van der Waals surface area contributed by atoms with E-state index in [0.29, 0.717) is 144 Å². The number of carbonyl (C=O) groups is 2. The summed E-state index contributed by atoms with van der Waals surface area (Å²) in [5.74, 6) is 3.57. The minimum Gasteiger partial charge on any atom is -0.493 e. The topological polar surface area (TPSA) is 132 Å². The summed E-state index contributed by atoms with van der Waals surface area (Å²) in [5, 5.41) is 6.22. The average molecular weight is 1160 g/mol. The van der Waals surface area contributed by atoms with Crippen LogP contribution in [0.5, 0.6) is 23.0 Å². The van der Waals surface area contributed by atoms with Gasteiger partial charge in [-0.05, 0) is 116 Å². The van der Waals surface area contributed by atoms with Gasteiger partial charge in [0, 0.05) is 51.6 Å². The largest absolute Gasteiger partial charge is 0.493 e. The van der Waals surface area contributed by atoms with Crippen molar-refractivity contribution >= 4 is 11.8 Å². The third kappa shape index (κ3) is 22.6. The summed E-state index contributed by atoms with van der Waals surface area (Å²) in [7, 11) is 0. The molecule has 10 bridgehead atoms. The lowest BCUT2D eigenvalue weighted by atomic mass is 9.80. The molecule has 4 aromatic rings. The minimum atomic E-state index is -0.174. The standard InChI is InChI=1S/C72H108N2O10/c1-11-15-19-29-81-67-55-41-53-23-25-65(75)73-27-33-77-35-37-79-39-40-80-38-36-78-34-28-74-66(76)26-24-54-42-56(45-55)68(82-30-20-16-12-2)58(44-54)47-60-50-64(72(8,9)10)52-62(70(60)84-32-22-18-14-4)48-61-51-63(71(5,6)7)49-59(46-57(67)43-53)69(61)83-31-21-17-13-3/h41-44,49-52H,11-40,45-48H2,1-10H3,(H,73,75)(H,74,76). The summed E-state index contributed by atoms with van der Waals surface area (Å²) < 4.78 is 51.8. The van der Waals surface area contributed by atoms with Gasteiger partial charge in [-0.1, -0.05) is 169 Å². The number of unbranched alkanes of at least 4 members (excludes halogenated alkanes) is 8. The van der Waals surface area contributed by atoms with Gasteiger partial charge in [0.05, 0.1) is 79.3 Å². The Morgan fingerprint density at radius 3 is 0.857 bits per heavy atom. The summed E-state index contributed by atoms with van der Waals surface area (Å²) in [5.41, 5.74) is 13.0. The van der Waals surface area contributed by atoms with E-state index in [1.165, 1.54) is 11.1 Å². The predicted octanol–water partition coefficient (Wildman–Crippen LogP) is 14.4. The van der Waals surface area contributed by atoms with Crippen LogP contribution in [-0.4, -0.2) is 104 Å². The molecule has 84 heavy (non-hydrogen) atoms. The maximum absolute atomic E-state index is 13.7. The fourth-order valence-corrected chi connectivity index (χ4v) is 11.0. The Labute approximate surface area is 506 Å². The van der Waals surface area contributed by atoms with Crippen LogP contribution in [0.3, 0.4) is 0 Å². The zero-order chi connectivity index (χ0) is 60.2. The molecule has 0 fully saturated rings. The first kappa shape index (κ1) is 68.0. The molecule has 0 saturated heterocycles. The highest BCUT2D eigenvalue weighted by Crippen LogP contribution is 2.43. The van der Waals surface area contributed by atoms with Crippen molar-refractivity contribution in [2.24, 2.45) is 0 Å². The Kier molecular flexibility index (Phi) is 29.2. The molecule has 12 nitrogen and oxygen atoms in total. The molecule has 6 rings (SSSR count). The number of hydrogen-bond acceptors (Lipinski definition) is 10. The molecule has 1 aliphatic carbocycles. The summed E-state index contributed by atoms with van der Waals surface area (Å²) in [6.07, 6.45) is 16.3. The molecule has 2 amide bonds. The Balaban J connectivity index is 1.66. The molecule has 466 valence electrons. The summed E-state index contributed by atoms with van der Waals surface area (Å²) in [6.45, 7) is 29.3. The van der Waals surface area contributed by atoms with E-state index in [9.17, 15) is 9.59 Å². The van der Waals surface area contributed by atoms with Gasteiger partial charge < -0.3 is 48.5 Å². The van der Waals surface area contributed by atoms with Crippen LogP contribution in [0.2, 0.25) is 0 Å². The molecule has 0 spiro atoms. The number of hydrogen-bond donors (Lipinski definition) is 2. The second-order valence-electron chi connectivity index (χ2n) is 25.3. The van der Waals surface area contributed by atoms with Crippen LogP contribution in [0.15, 0.2) is 48.5 Å². The van der Waals surface area contributed by atoms with Crippen LogP contribution in [0.4, 0.5) is 0 Å². The van der Waals surface area contributed by atoms with E-state index < -0.39 is 0 Å². The van der Waals surface area contributed by atoms with Crippen molar-refractivity contribution in [1.29, 1.82) is 0 Å². The molecule has 4 aromatic carbocycles. The molecule has 0 saturated carbocycles. The highest BCUT2D eigenvalue weighted by Gasteiger charge is 2.28. The van der Waals surface area contributed by atoms with Crippen molar-refractivity contribution in [3.05, 3.63) is 115 Å². The summed E-state index contributed by atoms with van der Waals surface area (Å²) >= 11 is 0. The number of nitrogens with one attached hydrogen (secondary N) is 2. The third-order valence-electron chi connectivity index (χ3n) is 15.9. The van der Waals surface area contributed by atoms with E-state index in [2.05, 4.69) is 128 Å². The summed E-state index contributed by atoms with van der Waals surface area (Å²) in [6, 6.07) is 18.7. The van der Waals surface area contributed by atoms with E-state index in [4.69, 9.17) is 37.9 Å².